The maximum Gasteiger partial charge on any atom is 0.247 e. The molecule has 6 heteroatoms. The molecule has 3 rings (SSSR count). The van der Waals surface area contributed by atoms with Gasteiger partial charge in [0, 0.05) is 12.1 Å². The van der Waals surface area contributed by atoms with Gasteiger partial charge in [-0.2, -0.15) is 0 Å². The first-order valence-electron chi connectivity index (χ1n) is 8.22. The second kappa shape index (κ2) is 7.27. The van der Waals surface area contributed by atoms with Crippen molar-refractivity contribution in [2.75, 3.05) is 11.5 Å². The number of hydrogen-bond donors (Lipinski definition) is 0. The van der Waals surface area contributed by atoms with Crippen LogP contribution in [0.4, 0.5) is 0 Å². The fourth-order valence-electron chi connectivity index (χ4n) is 2.97. The molecule has 1 aliphatic rings. The highest BCUT2D eigenvalue weighted by Crippen LogP contribution is 2.21. The molecule has 1 amide bonds. The Morgan fingerprint density at radius 2 is 2.00 bits per heavy atom. The van der Waals surface area contributed by atoms with Crippen molar-refractivity contribution in [1.82, 2.24) is 4.90 Å². The molecule has 1 saturated heterocycles. The number of carbonyl (C=O) groups is 1. The number of nitrogens with zero attached hydrogens (tertiary/aromatic N) is 1. The maximum absolute atomic E-state index is 12.7. The molecule has 1 unspecified atom stereocenters. The smallest absolute Gasteiger partial charge is 0.247 e. The molecule has 2 heterocycles. The van der Waals surface area contributed by atoms with Gasteiger partial charge in [0.1, 0.15) is 11.5 Å². The van der Waals surface area contributed by atoms with E-state index in [0.29, 0.717) is 12.2 Å². The van der Waals surface area contributed by atoms with Gasteiger partial charge in [0.2, 0.25) is 5.91 Å². The summed E-state index contributed by atoms with van der Waals surface area (Å²) in [7, 11) is -3.08. The lowest BCUT2D eigenvalue weighted by atomic mass is 10.2. The Morgan fingerprint density at radius 1 is 1.24 bits per heavy atom. The van der Waals surface area contributed by atoms with Gasteiger partial charge in [0.25, 0.3) is 0 Å². The molecule has 0 radical (unpaired) electrons. The summed E-state index contributed by atoms with van der Waals surface area (Å²) in [4.78, 5) is 14.3. The molecule has 0 saturated carbocycles. The Balaban J connectivity index is 1.80. The van der Waals surface area contributed by atoms with E-state index >= 15 is 0 Å². The quantitative estimate of drug-likeness (QED) is 0.770. The third-order valence-electron chi connectivity index (χ3n) is 4.27. The predicted molar refractivity (Wildman–Crippen MR) is 96.5 cm³/mol. The molecule has 1 aromatic carbocycles. The summed E-state index contributed by atoms with van der Waals surface area (Å²) >= 11 is 0. The Morgan fingerprint density at radius 3 is 2.60 bits per heavy atom. The first-order chi connectivity index (χ1) is 11.9. The van der Waals surface area contributed by atoms with E-state index in [4.69, 9.17) is 4.42 Å². The standard InChI is InChI=1S/C19H21NO4S/c1-15-7-9-18(24-15)13-20(17-11-12-25(22,23)14-17)19(21)10-8-16-5-3-2-4-6-16/h2-10,17H,11-14H2,1H3/b10-8+. The Bertz CT molecular complexity index is 868. The fourth-order valence-corrected chi connectivity index (χ4v) is 4.70. The molecular formula is C19H21NO4S. The third-order valence-corrected chi connectivity index (χ3v) is 6.02. The third kappa shape index (κ3) is 4.60. The average molecular weight is 359 g/mol. The van der Waals surface area contributed by atoms with Crippen molar-refractivity contribution < 1.29 is 17.6 Å². The van der Waals surface area contributed by atoms with Crippen molar-refractivity contribution >= 4 is 21.8 Å². The van der Waals surface area contributed by atoms with Gasteiger partial charge in [-0.3, -0.25) is 4.79 Å². The van der Waals surface area contributed by atoms with Crippen molar-refractivity contribution in [1.29, 1.82) is 0 Å². The SMILES string of the molecule is Cc1ccc(CN(C(=O)/C=C/c2ccccc2)C2CCS(=O)(=O)C2)o1. The lowest BCUT2D eigenvalue weighted by Gasteiger charge is -2.26. The summed E-state index contributed by atoms with van der Waals surface area (Å²) in [5.74, 6) is 1.35. The first-order valence-corrected chi connectivity index (χ1v) is 10.0. The van der Waals surface area contributed by atoms with Crippen molar-refractivity contribution in [3.63, 3.8) is 0 Å². The fraction of sp³-hybridized carbons (Fsp3) is 0.316. The lowest BCUT2D eigenvalue weighted by Crippen LogP contribution is -2.39. The van der Waals surface area contributed by atoms with Crippen molar-refractivity contribution in [3.8, 4) is 0 Å². The minimum Gasteiger partial charge on any atom is -0.464 e. The molecule has 1 atom stereocenters. The van der Waals surface area contributed by atoms with E-state index in [2.05, 4.69) is 0 Å². The van der Waals surface area contributed by atoms with Crippen molar-refractivity contribution in [2.45, 2.75) is 25.9 Å². The molecular weight excluding hydrogens is 338 g/mol. The topological polar surface area (TPSA) is 67.6 Å². The molecule has 1 fully saturated rings. The Kier molecular flexibility index (Phi) is 5.08. The Labute approximate surface area is 147 Å². The van der Waals surface area contributed by atoms with Crippen LogP contribution in [0.5, 0.6) is 0 Å². The highest BCUT2D eigenvalue weighted by Gasteiger charge is 2.34. The monoisotopic (exact) mass is 359 g/mol. The molecule has 132 valence electrons. The van der Waals surface area contributed by atoms with E-state index in [-0.39, 0.29) is 30.0 Å². The zero-order valence-corrected chi connectivity index (χ0v) is 14.9. The number of rotatable bonds is 5. The number of aryl methyl sites for hydroxylation is 1. The van der Waals surface area contributed by atoms with Crippen LogP contribution in [0, 0.1) is 6.92 Å². The van der Waals surface area contributed by atoms with Crippen LogP contribution >= 0.6 is 0 Å². The normalized spacial score (nSPS) is 19.3. The van der Waals surface area contributed by atoms with Crippen LogP contribution in [-0.2, 0) is 21.2 Å². The van der Waals surface area contributed by atoms with Crippen LogP contribution in [0.15, 0.2) is 53.0 Å². The second-order valence-electron chi connectivity index (χ2n) is 6.28. The van der Waals surface area contributed by atoms with E-state index in [1.165, 1.54) is 6.08 Å². The molecule has 1 aromatic heterocycles. The van der Waals surface area contributed by atoms with Crippen LogP contribution in [-0.4, -0.2) is 36.8 Å². The minimum atomic E-state index is -3.08. The van der Waals surface area contributed by atoms with Crippen LogP contribution < -0.4 is 0 Å². The molecule has 0 N–H and O–H groups in total. The van der Waals surface area contributed by atoms with Gasteiger partial charge < -0.3 is 9.32 Å². The van der Waals surface area contributed by atoms with Gasteiger partial charge in [0.05, 0.1) is 18.1 Å². The zero-order chi connectivity index (χ0) is 17.9. The summed E-state index contributed by atoms with van der Waals surface area (Å²) < 4.78 is 29.2. The van der Waals surface area contributed by atoms with Crippen LogP contribution in [0.25, 0.3) is 6.08 Å². The summed E-state index contributed by atoms with van der Waals surface area (Å²) in [6.45, 7) is 2.11. The van der Waals surface area contributed by atoms with Crippen molar-refractivity contribution in [2.24, 2.45) is 0 Å². The number of furan rings is 1. The number of hydrogen-bond acceptors (Lipinski definition) is 4. The molecule has 2 aromatic rings. The van der Waals surface area contributed by atoms with Crippen LogP contribution in [0.2, 0.25) is 0 Å². The van der Waals surface area contributed by atoms with Gasteiger partial charge in [0.15, 0.2) is 9.84 Å². The average Bonchev–Trinajstić information content (AvgIpc) is 3.16. The molecule has 25 heavy (non-hydrogen) atoms. The number of sulfone groups is 1. The summed E-state index contributed by atoms with van der Waals surface area (Å²) in [5.41, 5.74) is 0.920. The Hall–Kier alpha value is -2.34. The van der Waals surface area contributed by atoms with Crippen LogP contribution in [0.3, 0.4) is 0 Å². The predicted octanol–water partition coefficient (Wildman–Crippen LogP) is 2.82. The largest absolute Gasteiger partial charge is 0.464 e. The minimum absolute atomic E-state index is 0.0115. The number of benzene rings is 1. The number of carbonyl (C=O) groups excluding carboxylic acids is 1. The van der Waals surface area contributed by atoms with E-state index < -0.39 is 9.84 Å². The van der Waals surface area contributed by atoms with Gasteiger partial charge in [-0.15, -0.1) is 0 Å². The maximum atomic E-state index is 12.7. The van der Waals surface area contributed by atoms with Gasteiger partial charge in [-0.05, 0) is 37.1 Å². The summed E-state index contributed by atoms with van der Waals surface area (Å²) in [6, 6.07) is 12.9. The van der Waals surface area contributed by atoms with E-state index in [0.717, 1.165) is 11.3 Å². The van der Waals surface area contributed by atoms with Crippen LogP contribution in [0.1, 0.15) is 23.5 Å². The van der Waals surface area contributed by atoms with Gasteiger partial charge in [-0.25, -0.2) is 8.42 Å². The highest BCUT2D eigenvalue weighted by molar-refractivity contribution is 7.91. The molecule has 5 nitrogen and oxygen atoms in total. The number of amides is 1. The lowest BCUT2D eigenvalue weighted by molar-refractivity contribution is -0.128. The molecule has 1 aliphatic heterocycles. The van der Waals surface area contributed by atoms with Gasteiger partial charge in [-0.1, -0.05) is 30.3 Å². The van der Waals surface area contributed by atoms with Gasteiger partial charge >= 0.3 is 0 Å². The molecule has 0 aliphatic carbocycles. The van der Waals surface area contributed by atoms with E-state index in [9.17, 15) is 13.2 Å². The van der Waals surface area contributed by atoms with E-state index in [1.807, 2.05) is 49.4 Å². The van der Waals surface area contributed by atoms with E-state index in [1.54, 1.807) is 11.0 Å². The summed E-state index contributed by atoms with van der Waals surface area (Å²) in [6.07, 6.45) is 3.70. The molecule has 0 spiro atoms. The van der Waals surface area contributed by atoms with Crippen molar-refractivity contribution in [3.05, 3.63) is 65.6 Å². The second-order valence-corrected chi connectivity index (χ2v) is 8.51. The highest BCUT2D eigenvalue weighted by atomic mass is 32.2. The zero-order valence-electron chi connectivity index (χ0n) is 14.1. The summed E-state index contributed by atoms with van der Waals surface area (Å²) in [5, 5.41) is 0. The first kappa shape index (κ1) is 17.5. The molecule has 0 bridgehead atoms.